The van der Waals surface area contributed by atoms with E-state index >= 15 is 0 Å². The molecule has 0 saturated carbocycles. The lowest BCUT2D eigenvalue weighted by Crippen LogP contribution is -1.88. The second-order valence-corrected chi connectivity index (χ2v) is 4.11. The molecule has 1 aromatic carbocycles. The monoisotopic (exact) mass is 233 g/mol. The first-order valence-corrected chi connectivity index (χ1v) is 5.62. The van der Waals surface area contributed by atoms with Crippen LogP contribution >= 0.6 is 11.6 Å². The van der Waals surface area contributed by atoms with E-state index < -0.39 is 0 Å². The van der Waals surface area contributed by atoms with Gasteiger partial charge in [0, 0.05) is 5.57 Å². The molecule has 0 unspecified atom stereocenters. The zero-order chi connectivity index (χ0) is 11.5. The van der Waals surface area contributed by atoms with E-state index in [1.165, 1.54) is 11.1 Å². The Labute approximate surface area is 100 Å². The molecule has 2 nitrogen and oxygen atoms in total. The molecule has 16 heavy (non-hydrogen) atoms. The van der Waals surface area contributed by atoms with Crippen LogP contribution in [0.25, 0.3) is 5.03 Å². The predicted octanol–water partition coefficient (Wildman–Crippen LogP) is 3.60. The van der Waals surface area contributed by atoms with Gasteiger partial charge >= 0.3 is 0 Å². The average Bonchev–Trinajstić information content (AvgIpc) is 2.77. The van der Waals surface area contributed by atoms with Crippen molar-refractivity contribution < 1.29 is 4.74 Å². The Bertz CT molecular complexity index is 485. The highest BCUT2D eigenvalue weighted by Gasteiger charge is 2.13. The summed E-state index contributed by atoms with van der Waals surface area (Å²) >= 11 is 6.19. The molecule has 0 radical (unpaired) electrons. The number of allylic oxidation sites excluding steroid dienone is 1. The quantitative estimate of drug-likeness (QED) is 0.732. The standard InChI is InChI=1S/C13H12ClNO/c1-2-9(6-15)13(14)10-3-4-11-7-16-8-12(11)5-10/h3-5H,2,7-8H2,1H3. The van der Waals surface area contributed by atoms with Gasteiger partial charge < -0.3 is 4.74 Å². The summed E-state index contributed by atoms with van der Waals surface area (Å²) in [6, 6.07) is 8.11. The van der Waals surface area contributed by atoms with Crippen LogP contribution < -0.4 is 0 Å². The van der Waals surface area contributed by atoms with Gasteiger partial charge in [-0.3, -0.25) is 0 Å². The summed E-state index contributed by atoms with van der Waals surface area (Å²) in [5.74, 6) is 0. The first-order valence-electron chi connectivity index (χ1n) is 5.25. The molecule has 0 atom stereocenters. The zero-order valence-corrected chi connectivity index (χ0v) is 9.84. The normalized spacial score (nSPS) is 15.3. The minimum atomic E-state index is 0.555. The van der Waals surface area contributed by atoms with Crippen molar-refractivity contribution in [3.05, 3.63) is 40.5 Å². The third kappa shape index (κ3) is 1.97. The van der Waals surface area contributed by atoms with Crippen LogP contribution in [0.4, 0.5) is 0 Å². The third-order valence-electron chi connectivity index (χ3n) is 2.73. The van der Waals surface area contributed by atoms with Gasteiger partial charge in [0.15, 0.2) is 0 Å². The van der Waals surface area contributed by atoms with E-state index in [2.05, 4.69) is 6.07 Å². The molecule has 1 heterocycles. The van der Waals surface area contributed by atoms with Gasteiger partial charge in [-0.2, -0.15) is 5.26 Å². The molecule has 0 aliphatic carbocycles. The molecule has 0 saturated heterocycles. The summed E-state index contributed by atoms with van der Waals surface area (Å²) in [6.07, 6.45) is 0.656. The first-order chi connectivity index (χ1) is 7.76. The van der Waals surface area contributed by atoms with Gasteiger partial charge in [0.2, 0.25) is 0 Å². The molecule has 3 heteroatoms. The van der Waals surface area contributed by atoms with Crippen molar-refractivity contribution in [3.63, 3.8) is 0 Å². The fourth-order valence-electron chi connectivity index (χ4n) is 1.77. The molecule has 82 valence electrons. The number of hydrogen-bond donors (Lipinski definition) is 0. The number of ether oxygens (including phenoxy) is 1. The SMILES string of the molecule is CCC(C#N)=C(Cl)c1ccc2c(c1)COC2. The second-order valence-electron chi connectivity index (χ2n) is 3.73. The van der Waals surface area contributed by atoms with Crippen LogP contribution in [0.15, 0.2) is 23.8 Å². The Kier molecular flexibility index (Phi) is 3.28. The van der Waals surface area contributed by atoms with Crippen LogP contribution in [0, 0.1) is 11.3 Å². The highest BCUT2D eigenvalue weighted by molar-refractivity contribution is 6.49. The summed E-state index contributed by atoms with van der Waals surface area (Å²) in [5.41, 5.74) is 3.91. The Balaban J connectivity index is 2.43. The van der Waals surface area contributed by atoms with E-state index in [-0.39, 0.29) is 0 Å². The van der Waals surface area contributed by atoms with Crippen molar-refractivity contribution in [2.45, 2.75) is 26.6 Å². The molecule has 0 aromatic heterocycles. The van der Waals surface area contributed by atoms with E-state index in [4.69, 9.17) is 21.6 Å². The molecule has 0 N–H and O–H groups in total. The van der Waals surface area contributed by atoms with Crippen LogP contribution in [0.3, 0.4) is 0 Å². The van der Waals surface area contributed by atoms with E-state index in [9.17, 15) is 0 Å². The van der Waals surface area contributed by atoms with Gasteiger partial charge in [0.25, 0.3) is 0 Å². The Morgan fingerprint density at radius 2 is 2.19 bits per heavy atom. The van der Waals surface area contributed by atoms with Crippen molar-refractivity contribution in [2.24, 2.45) is 0 Å². The molecule has 0 amide bonds. The van der Waals surface area contributed by atoms with Crippen LogP contribution in [0.2, 0.25) is 0 Å². The fourth-order valence-corrected chi connectivity index (χ4v) is 2.06. The molecule has 0 fully saturated rings. The predicted molar refractivity (Wildman–Crippen MR) is 63.6 cm³/mol. The van der Waals surface area contributed by atoms with E-state index in [0.29, 0.717) is 30.2 Å². The number of benzene rings is 1. The van der Waals surface area contributed by atoms with Crippen molar-refractivity contribution >= 4 is 16.6 Å². The summed E-state index contributed by atoms with van der Waals surface area (Å²) in [4.78, 5) is 0. The first kappa shape index (κ1) is 11.2. The lowest BCUT2D eigenvalue weighted by molar-refractivity contribution is 0.134. The fraction of sp³-hybridized carbons (Fsp3) is 0.308. The molecule has 0 bridgehead atoms. The number of fused-ring (bicyclic) bond motifs is 1. The molecule has 1 aliphatic rings. The van der Waals surface area contributed by atoms with Gasteiger partial charge in [-0.1, -0.05) is 30.7 Å². The minimum absolute atomic E-state index is 0.555. The number of nitriles is 1. The van der Waals surface area contributed by atoms with Gasteiger partial charge in [0.05, 0.1) is 24.3 Å². The van der Waals surface area contributed by atoms with Crippen LogP contribution in [-0.4, -0.2) is 0 Å². The molecule has 2 rings (SSSR count). The third-order valence-corrected chi connectivity index (χ3v) is 3.17. The highest BCUT2D eigenvalue weighted by Crippen LogP contribution is 2.29. The topological polar surface area (TPSA) is 33.0 Å². The molecular weight excluding hydrogens is 222 g/mol. The molecule has 1 aliphatic heterocycles. The van der Waals surface area contributed by atoms with Gasteiger partial charge in [-0.25, -0.2) is 0 Å². The van der Waals surface area contributed by atoms with Gasteiger partial charge in [-0.15, -0.1) is 0 Å². The van der Waals surface area contributed by atoms with Crippen LogP contribution in [0.5, 0.6) is 0 Å². The molecule has 0 spiro atoms. The number of nitrogens with zero attached hydrogens (tertiary/aromatic N) is 1. The largest absolute Gasteiger partial charge is 0.372 e. The summed E-state index contributed by atoms with van der Waals surface area (Å²) in [5, 5.41) is 9.49. The van der Waals surface area contributed by atoms with Crippen molar-refractivity contribution in [1.29, 1.82) is 5.26 Å². The summed E-state index contributed by atoms with van der Waals surface area (Å²) < 4.78 is 5.34. The lowest BCUT2D eigenvalue weighted by atomic mass is 10.0. The van der Waals surface area contributed by atoms with Gasteiger partial charge in [0.1, 0.15) is 0 Å². The number of halogens is 1. The van der Waals surface area contributed by atoms with Gasteiger partial charge in [-0.05, 0) is 29.2 Å². The lowest BCUT2D eigenvalue weighted by Gasteiger charge is -2.04. The van der Waals surface area contributed by atoms with Crippen LogP contribution in [-0.2, 0) is 18.0 Å². The smallest absolute Gasteiger partial charge is 0.0962 e. The summed E-state index contributed by atoms with van der Waals surface area (Å²) in [7, 11) is 0. The number of rotatable bonds is 2. The van der Waals surface area contributed by atoms with E-state index in [0.717, 1.165) is 5.56 Å². The van der Waals surface area contributed by atoms with E-state index in [1.54, 1.807) is 0 Å². The highest BCUT2D eigenvalue weighted by atomic mass is 35.5. The zero-order valence-electron chi connectivity index (χ0n) is 9.09. The Hall–Kier alpha value is -1.30. The molecule has 1 aromatic rings. The number of hydrogen-bond acceptors (Lipinski definition) is 2. The van der Waals surface area contributed by atoms with Crippen molar-refractivity contribution in [2.75, 3.05) is 0 Å². The summed E-state index contributed by atoms with van der Waals surface area (Å²) in [6.45, 7) is 3.24. The maximum absolute atomic E-state index is 8.93. The van der Waals surface area contributed by atoms with E-state index in [1.807, 2.05) is 25.1 Å². The second kappa shape index (κ2) is 4.69. The van der Waals surface area contributed by atoms with Crippen molar-refractivity contribution in [1.82, 2.24) is 0 Å². The van der Waals surface area contributed by atoms with Crippen LogP contribution in [0.1, 0.15) is 30.0 Å². The maximum Gasteiger partial charge on any atom is 0.0962 e. The minimum Gasteiger partial charge on any atom is -0.372 e. The average molecular weight is 234 g/mol. The van der Waals surface area contributed by atoms with Crippen molar-refractivity contribution in [3.8, 4) is 6.07 Å². The maximum atomic E-state index is 8.93. The molecular formula is C13H12ClNO. The Morgan fingerprint density at radius 3 is 2.88 bits per heavy atom. The Morgan fingerprint density at radius 1 is 1.44 bits per heavy atom.